The van der Waals surface area contributed by atoms with E-state index in [0.29, 0.717) is 10.7 Å². The highest BCUT2D eigenvalue weighted by atomic mass is 35.5. The molecule has 2 N–H and O–H groups in total. The number of ether oxygens (including phenoxy) is 1. The first kappa shape index (κ1) is 26.0. The molecule has 0 aromatic heterocycles. The summed E-state index contributed by atoms with van der Waals surface area (Å²) in [4.78, 5) is 50.6. The van der Waals surface area contributed by atoms with E-state index in [1.54, 1.807) is 30.3 Å². The zero-order chi connectivity index (χ0) is 26.9. The molecule has 0 aliphatic carbocycles. The van der Waals surface area contributed by atoms with Crippen LogP contribution in [-0.4, -0.2) is 30.8 Å². The van der Waals surface area contributed by atoms with E-state index >= 15 is 0 Å². The molecule has 1 aliphatic rings. The number of imide groups is 1. The standard InChI is InChI=1S/C25H16Cl3N3O6/c1-37-19-11-18(17(27)10-16(19)25(35)36)30-22(32)12-4-2-6-14(8-12)29-21-20(28)23(33)31(24(21)34)15-7-3-5-13(26)9-15/h2-11,29H,1H3,(H,30,32)(H,35,36)/p-1. The molecule has 1 aliphatic heterocycles. The third kappa shape index (κ3) is 5.24. The Morgan fingerprint density at radius 2 is 1.68 bits per heavy atom. The monoisotopic (exact) mass is 558 g/mol. The topological polar surface area (TPSA) is 128 Å². The Morgan fingerprint density at radius 3 is 2.35 bits per heavy atom. The Labute approximate surface area is 225 Å². The van der Waals surface area contributed by atoms with Gasteiger partial charge >= 0.3 is 0 Å². The molecule has 12 heteroatoms. The van der Waals surface area contributed by atoms with E-state index in [9.17, 15) is 24.3 Å². The van der Waals surface area contributed by atoms with Gasteiger partial charge in [-0.2, -0.15) is 0 Å². The number of nitrogens with zero attached hydrogens (tertiary/aromatic N) is 1. The van der Waals surface area contributed by atoms with Gasteiger partial charge < -0.3 is 25.3 Å². The minimum atomic E-state index is -1.49. The van der Waals surface area contributed by atoms with Crippen LogP contribution in [0.2, 0.25) is 10.0 Å². The lowest BCUT2D eigenvalue weighted by molar-refractivity contribution is -0.255. The maximum Gasteiger partial charge on any atom is 0.283 e. The van der Waals surface area contributed by atoms with Gasteiger partial charge in [0.1, 0.15) is 16.5 Å². The predicted molar refractivity (Wildman–Crippen MR) is 137 cm³/mol. The molecule has 9 nitrogen and oxygen atoms in total. The second-order valence-corrected chi connectivity index (χ2v) is 8.82. The van der Waals surface area contributed by atoms with Crippen LogP contribution >= 0.6 is 34.8 Å². The molecule has 4 rings (SSSR count). The summed E-state index contributed by atoms with van der Waals surface area (Å²) in [6, 6.07) is 14.6. The van der Waals surface area contributed by atoms with Crippen molar-refractivity contribution in [2.24, 2.45) is 0 Å². The van der Waals surface area contributed by atoms with E-state index in [4.69, 9.17) is 39.5 Å². The summed E-state index contributed by atoms with van der Waals surface area (Å²) in [5.41, 5.74) is 0.364. The Kier molecular flexibility index (Phi) is 7.40. The zero-order valence-electron chi connectivity index (χ0n) is 18.8. The highest BCUT2D eigenvalue weighted by molar-refractivity contribution is 6.53. The summed E-state index contributed by atoms with van der Waals surface area (Å²) in [5, 5.41) is 16.6. The number of aromatic carboxylic acids is 1. The fraction of sp³-hybridized carbons (Fsp3) is 0.0400. The van der Waals surface area contributed by atoms with Crippen LogP contribution in [0.5, 0.6) is 5.75 Å². The highest BCUT2D eigenvalue weighted by Gasteiger charge is 2.39. The van der Waals surface area contributed by atoms with E-state index < -0.39 is 23.7 Å². The summed E-state index contributed by atoms with van der Waals surface area (Å²) in [5.74, 6) is -3.56. The minimum Gasteiger partial charge on any atom is -0.545 e. The number of carbonyl (C=O) groups excluding carboxylic acids is 4. The molecule has 3 aromatic carbocycles. The molecule has 3 aromatic rings. The van der Waals surface area contributed by atoms with Gasteiger partial charge in [0.2, 0.25) is 0 Å². The lowest BCUT2D eigenvalue weighted by atomic mass is 10.1. The van der Waals surface area contributed by atoms with Crippen molar-refractivity contribution < 1.29 is 29.0 Å². The second kappa shape index (κ2) is 10.5. The van der Waals surface area contributed by atoms with Crippen LogP contribution < -0.4 is 25.4 Å². The maximum atomic E-state index is 13.0. The molecule has 0 spiro atoms. The average Bonchev–Trinajstić information content (AvgIpc) is 3.08. The number of hydrogen-bond donors (Lipinski definition) is 2. The van der Waals surface area contributed by atoms with Gasteiger partial charge in [0.25, 0.3) is 17.7 Å². The Hall–Kier alpha value is -4.05. The number of methoxy groups -OCH3 is 1. The van der Waals surface area contributed by atoms with Gasteiger partial charge in [0.05, 0.1) is 29.5 Å². The van der Waals surface area contributed by atoms with Crippen molar-refractivity contribution in [1.29, 1.82) is 0 Å². The number of rotatable bonds is 7. The number of benzene rings is 3. The number of carbonyl (C=O) groups is 4. The largest absolute Gasteiger partial charge is 0.545 e. The predicted octanol–water partition coefficient (Wildman–Crippen LogP) is 4.05. The van der Waals surface area contributed by atoms with Gasteiger partial charge in [-0.15, -0.1) is 0 Å². The quantitative estimate of drug-likeness (QED) is 0.418. The van der Waals surface area contributed by atoms with Gasteiger partial charge in [-0.1, -0.05) is 46.9 Å². The number of hydrogen-bond acceptors (Lipinski definition) is 7. The molecule has 1 heterocycles. The van der Waals surface area contributed by atoms with Crippen LogP contribution in [0.3, 0.4) is 0 Å². The SMILES string of the molecule is COc1cc(NC(=O)c2cccc(NC3=C(Cl)C(=O)N(c4cccc(Cl)c4)C3=O)c2)c(Cl)cc1C(=O)[O-]. The molecule has 0 fully saturated rings. The van der Waals surface area contributed by atoms with E-state index in [1.807, 2.05) is 0 Å². The van der Waals surface area contributed by atoms with E-state index in [0.717, 1.165) is 11.0 Å². The Bertz CT molecular complexity index is 1500. The third-order valence-electron chi connectivity index (χ3n) is 5.25. The van der Waals surface area contributed by atoms with Crippen molar-refractivity contribution in [2.45, 2.75) is 0 Å². The van der Waals surface area contributed by atoms with Gasteiger partial charge in [0.15, 0.2) is 0 Å². The molecule has 0 saturated carbocycles. The molecule has 0 unspecified atom stereocenters. The Balaban J connectivity index is 1.55. The fourth-order valence-electron chi connectivity index (χ4n) is 3.52. The summed E-state index contributed by atoms with van der Waals surface area (Å²) in [6.45, 7) is 0. The summed E-state index contributed by atoms with van der Waals surface area (Å²) in [6.07, 6.45) is 0. The smallest absolute Gasteiger partial charge is 0.283 e. The van der Waals surface area contributed by atoms with Gasteiger partial charge in [-0.05, 0) is 42.5 Å². The first-order valence-electron chi connectivity index (χ1n) is 10.4. The van der Waals surface area contributed by atoms with Crippen LogP contribution in [-0.2, 0) is 9.59 Å². The second-order valence-electron chi connectivity index (χ2n) is 7.59. The molecule has 37 heavy (non-hydrogen) atoms. The average molecular weight is 560 g/mol. The van der Waals surface area contributed by atoms with Crippen molar-refractivity contribution in [3.63, 3.8) is 0 Å². The first-order valence-corrected chi connectivity index (χ1v) is 11.6. The van der Waals surface area contributed by atoms with Gasteiger partial charge in [-0.25, -0.2) is 4.90 Å². The molecule has 0 bridgehead atoms. The molecule has 188 valence electrons. The number of halogens is 3. The van der Waals surface area contributed by atoms with E-state index in [1.165, 1.54) is 31.4 Å². The number of nitrogens with one attached hydrogen (secondary N) is 2. The fourth-order valence-corrected chi connectivity index (χ4v) is 4.12. The van der Waals surface area contributed by atoms with Gasteiger partial charge in [-0.3, -0.25) is 14.4 Å². The van der Waals surface area contributed by atoms with Crippen molar-refractivity contribution in [2.75, 3.05) is 22.6 Å². The highest BCUT2D eigenvalue weighted by Crippen LogP contribution is 2.33. The summed E-state index contributed by atoms with van der Waals surface area (Å²) in [7, 11) is 1.26. The molecule has 0 saturated heterocycles. The lowest BCUT2D eigenvalue weighted by Crippen LogP contribution is -2.32. The molecular weight excluding hydrogens is 545 g/mol. The number of amides is 3. The first-order chi connectivity index (χ1) is 17.6. The molecule has 3 amide bonds. The van der Waals surface area contributed by atoms with Crippen LogP contribution in [0.25, 0.3) is 0 Å². The van der Waals surface area contributed by atoms with Crippen molar-refractivity contribution >= 4 is 75.6 Å². The third-order valence-corrected chi connectivity index (χ3v) is 6.14. The van der Waals surface area contributed by atoms with Crippen molar-refractivity contribution in [3.05, 3.63) is 92.6 Å². The van der Waals surface area contributed by atoms with Crippen molar-refractivity contribution in [3.8, 4) is 5.75 Å². The number of anilines is 3. The maximum absolute atomic E-state index is 13.0. The van der Waals surface area contributed by atoms with Crippen LogP contribution in [0.15, 0.2) is 71.4 Å². The van der Waals surface area contributed by atoms with Crippen molar-refractivity contribution in [1.82, 2.24) is 0 Å². The minimum absolute atomic E-state index is 0.0456. The molecule has 0 atom stereocenters. The van der Waals surface area contributed by atoms with E-state index in [-0.39, 0.29) is 44.0 Å². The summed E-state index contributed by atoms with van der Waals surface area (Å²) >= 11 is 18.3. The zero-order valence-corrected chi connectivity index (χ0v) is 21.1. The van der Waals surface area contributed by atoms with Crippen LogP contribution in [0, 0.1) is 0 Å². The van der Waals surface area contributed by atoms with E-state index in [2.05, 4.69) is 10.6 Å². The Morgan fingerprint density at radius 1 is 0.946 bits per heavy atom. The van der Waals surface area contributed by atoms with Gasteiger partial charge in [0, 0.05) is 27.9 Å². The number of carboxylic acid groups (broad SMARTS) is 1. The lowest BCUT2D eigenvalue weighted by Gasteiger charge is -2.16. The normalized spacial score (nSPS) is 13.1. The molecule has 0 radical (unpaired) electrons. The molecular formula is C25H15Cl3N3O6-. The summed E-state index contributed by atoms with van der Waals surface area (Å²) < 4.78 is 5.03. The number of carboxylic acids is 1. The van der Waals surface area contributed by atoms with Crippen LogP contribution in [0.1, 0.15) is 20.7 Å². The van der Waals surface area contributed by atoms with Crippen LogP contribution in [0.4, 0.5) is 17.1 Å².